The minimum absolute atomic E-state index is 0.141. The van der Waals surface area contributed by atoms with Gasteiger partial charge in [0.1, 0.15) is 21.3 Å². The SMILES string of the molecule is CCOCCCN1C(=O)/C(=C\c2c(Oc3cc(C)cc(C)c3)nc3ccccn3c2=O)SC1=S. The molecular formula is C25H25N3O4S2. The molecule has 1 fully saturated rings. The van der Waals surface area contributed by atoms with Gasteiger partial charge in [-0.2, -0.15) is 4.98 Å². The van der Waals surface area contributed by atoms with Crippen molar-refractivity contribution in [2.45, 2.75) is 27.2 Å². The molecule has 9 heteroatoms. The van der Waals surface area contributed by atoms with Gasteiger partial charge in [0.15, 0.2) is 0 Å². The van der Waals surface area contributed by atoms with Crippen LogP contribution in [-0.2, 0) is 9.53 Å². The summed E-state index contributed by atoms with van der Waals surface area (Å²) in [5, 5.41) is 0. The first-order valence-electron chi connectivity index (χ1n) is 11.0. The van der Waals surface area contributed by atoms with E-state index in [1.54, 1.807) is 29.3 Å². The fourth-order valence-corrected chi connectivity index (χ4v) is 4.97. The van der Waals surface area contributed by atoms with Gasteiger partial charge < -0.3 is 9.47 Å². The fourth-order valence-electron chi connectivity index (χ4n) is 3.68. The number of amides is 1. The summed E-state index contributed by atoms with van der Waals surface area (Å²) in [5.74, 6) is 0.479. The molecule has 0 radical (unpaired) electrons. The monoisotopic (exact) mass is 495 g/mol. The lowest BCUT2D eigenvalue weighted by Gasteiger charge is -2.14. The normalized spacial score (nSPS) is 15.0. The molecule has 1 aliphatic heterocycles. The molecule has 3 heterocycles. The van der Waals surface area contributed by atoms with E-state index in [0.29, 0.717) is 46.8 Å². The first-order chi connectivity index (χ1) is 16.4. The molecule has 0 spiro atoms. The predicted octanol–water partition coefficient (Wildman–Crippen LogP) is 4.73. The van der Waals surface area contributed by atoms with Crippen LogP contribution >= 0.6 is 24.0 Å². The largest absolute Gasteiger partial charge is 0.438 e. The maximum Gasteiger partial charge on any atom is 0.269 e. The summed E-state index contributed by atoms with van der Waals surface area (Å²) in [7, 11) is 0. The smallest absolute Gasteiger partial charge is 0.269 e. The minimum Gasteiger partial charge on any atom is -0.438 e. The second-order valence-electron chi connectivity index (χ2n) is 7.87. The van der Waals surface area contributed by atoms with E-state index in [1.165, 1.54) is 22.2 Å². The highest BCUT2D eigenvalue weighted by Crippen LogP contribution is 2.34. The summed E-state index contributed by atoms with van der Waals surface area (Å²) in [6.07, 6.45) is 3.85. The summed E-state index contributed by atoms with van der Waals surface area (Å²) in [5.41, 5.74) is 2.38. The van der Waals surface area contributed by atoms with Crippen LogP contribution in [0.4, 0.5) is 0 Å². The Morgan fingerprint density at radius 2 is 1.91 bits per heavy atom. The second-order valence-corrected chi connectivity index (χ2v) is 9.55. The molecule has 0 atom stereocenters. The highest BCUT2D eigenvalue weighted by Gasteiger charge is 2.32. The minimum atomic E-state index is -0.327. The molecular weight excluding hydrogens is 470 g/mol. The van der Waals surface area contributed by atoms with E-state index < -0.39 is 0 Å². The third kappa shape index (κ3) is 5.22. The molecule has 1 aromatic carbocycles. The number of carbonyl (C=O) groups is 1. The summed E-state index contributed by atoms with van der Waals surface area (Å²) >= 11 is 6.59. The third-order valence-corrected chi connectivity index (χ3v) is 6.55. The summed E-state index contributed by atoms with van der Waals surface area (Å²) in [6, 6.07) is 11.1. The molecule has 0 bridgehead atoms. The van der Waals surface area contributed by atoms with Crippen molar-refractivity contribution in [1.82, 2.24) is 14.3 Å². The maximum absolute atomic E-state index is 13.4. The van der Waals surface area contributed by atoms with E-state index in [9.17, 15) is 9.59 Å². The topological polar surface area (TPSA) is 73.1 Å². The van der Waals surface area contributed by atoms with Gasteiger partial charge in [-0.15, -0.1) is 0 Å². The van der Waals surface area contributed by atoms with Gasteiger partial charge >= 0.3 is 0 Å². The Kier molecular flexibility index (Phi) is 7.45. The number of hydrogen-bond donors (Lipinski definition) is 0. The van der Waals surface area contributed by atoms with E-state index in [-0.39, 0.29) is 22.9 Å². The van der Waals surface area contributed by atoms with Crippen LogP contribution < -0.4 is 10.3 Å². The Hall–Kier alpha value is -3.01. The van der Waals surface area contributed by atoms with E-state index >= 15 is 0 Å². The number of ether oxygens (including phenoxy) is 2. The average Bonchev–Trinajstić information content (AvgIpc) is 3.06. The number of carbonyl (C=O) groups excluding carboxylic acids is 1. The Morgan fingerprint density at radius 1 is 1.15 bits per heavy atom. The van der Waals surface area contributed by atoms with Crippen molar-refractivity contribution in [3.05, 3.63) is 74.5 Å². The lowest BCUT2D eigenvalue weighted by molar-refractivity contribution is -0.122. The van der Waals surface area contributed by atoms with Crippen LogP contribution in [0, 0.1) is 13.8 Å². The van der Waals surface area contributed by atoms with Crippen LogP contribution in [-0.4, -0.2) is 44.3 Å². The van der Waals surface area contributed by atoms with E-state index in [2.05, 4.69) is 4.98 Å². The average molecular weight is 496 g/mol. The molecule has 1 aliphatic rings. The Labute approximate surface area is 207 Å². The number of aromatic nitrogens is 2. The van der Waals surface area contributed by atoms with Crippen LogP contribution in [0.1, 0.15) is 30.0 Å². The van der Waals surface area contributed by atoms with Crippen molar-refractivity contribution in [3.63, 3.8) is 0 Å². The highest BCUT2D eigenvalue weighted by atomic mass is 32.2. The number of fused-ring (bicyclic) bond motifs is 1. The van der Waals surface area contributed by atoms with Gasteiger partial charge in [0.2, 0.25) is 5.88 Å². The van der Waals surface area contributed by atoms with Gasteiger partial charge in [-0.3, -0.25) is 18.9 Å². The van der Waals surface area contributed by atoms with Gasteiger partial charge in [-0.25, -0.2) is 0 Å². The van der Waals surface area contributed by atoms with Crippen LogP contribution in [0.5, 0.6) is 11.6 Å². The van der Waals surface area contributed by atoms with Crippen molar-refractivity contribution in [1.29, 1.82) is 0 Å². The second kappa shape index (κ2) is 10.5. The van der Waals surface area contributed by atoms with Crippen LogP contribution in [0.2, 0.25) is 0 Å². The maximum atomic E-state index is 13.4. The predicted molar refractivity (Wildman–Crippen MR) is 138 cm³/mol. The molecule has 34 heavy (non-hydrogen) atoms. The zero-order chi connectivity index (χ0) is 24.2. The Morgan fingerprint density at radius 3 is 2.65 bits per heavy atom. The van der Waals surface area contributed by atoms with Gasteiger partial charge in [-0.05, 0) is 68.7 Å². The molecule has 176 valence electrons. The number of thioether (sulfide) groups is 1. The first-order valence-corrected chi connectivity index (χ1v) is 12.2. The van der Waals surface area contributed by atoms with Crippen molar-refractivity contribution >= 4 is 45.9 Å². The molecule has 0 unspecified atom stereocenters. The van der Waals surface area contributed by atoms with E-state index in [4.69, 9.17) is 21.7 Å². The number of thiocarbonyl (C=S) groups is 1. The molecule has 4 rings (SSSR count). The van der Waals surface area contributed by atoms with Crippen molar-refractivity contribution in [2.24, 2.45) is 0 Å². The Balaban J connectivity index is 1.74. The summed E-state index contributed by atoms with van der Waals surface area (Å²) in [6.45, 7) is 7.51. The number of hydrogen-bond acceptors (Lipinski definition) is 7. The molecule has 3 aromatic rings. The standard InChI is InChI=1S/C25H25N3O4S2/c1-4-31-11-7-10-28-24(30)20(34-25(28)33)15-19-22(32-18-13-16(2)12-17(3)14-18)26-21-8-5-6-9-27(21)23(19)29/h5-6,8-9,12-15H,4,7,10-11H2,1-3H3/b20-15+. The van der Waals surface area contributed by atoms with Crippen molar-refractivity contribution < 1.29 is 14.3 Å². The number of benzene rings is 1. The summed E-state index contributed by atoms with van der Waals surface area (Å²) in [4.78, 5) is 32.9. The molecule has 1 amide bonds. The lowest BCUT2D eigenvalue weighted by atomic mass is 10.1. The van der Waals surface area contributed by atoms with Gasteiger partial charge in [-0.1, -0.05) is 36.1 Å². The molecule has 0 aliphatic carbocycles. The van der Waals surface area contributed by atoms with Crippen LogP contribution in [0.3, 0.4) is 0 Å². The zero-order valence-electron chi connectivity index (χ0n) is 19.2. The summed E-state index contributed by atoms with van der Waals surface area (Å²) < 4.78 is 13.3. The van der Waals surface area contributed by atoms with Gasteiger partial charge in [0.25, 0.3) is 11.5 Å². The fraction of sp³-hybridized carbons (Fsp3) is 0.280. The molecule has 1 saturated heterocycles. The number of pyridine rings is 1. The van der Waals surface area contributed by atoms with E-state index in [0.717, 1.165) is 11.1 Å². The Bertz CT molecular complexity index is 1330. The lowest BCUT2D eigenvalue weighted by Crippen LogP contribution is -2.29. The number of rotatable bonds is 8. The molecule has 0 N–H and O–H groups in total. The van der Waals surface area contributed by atoms with Gasteiger partial charge in [0, 0.05) is 26.0 Å². The highest BCUT2D eigenvalue weighted by molar-refractivity contribution is 8.26. The van der Waals surface area contributed by atoms with Gasteiger partial charge in [0.05, 0.1) is 4.91 Å². The quantitative estimate of drug-likeness (QED) is 0.254. The third-order valence-electron chi connectivity index (χ3n) is 5.17. The molecule has 2 aromatic heterocycles. The number of aryl methyl sites for hydroxylation is 2. The first kappa shape index (κ1) is 24.1. The van der Waals surface area contributed by atoms with Crippen LogP contribution in [0.15, 0.2) is 52.3 Å². The van der Waals surface area contributed by atoms with E-state index in [1.807, 2.05) is 39.0 Å². The zero-order valence-corrected chi connectivity index (χ0v) is 20.9. The van der Waals surface area contributed by atoms with Crippen LogP contribution in [0.25, 0.3) is 11.7 Å². The molecule has 0 saturated carbocycles. The van der Waals surface area contributed by atoms with Crippen molar-refractivity contribution in [2.75, 3.05) is 19.8 Å². The number of nitrogens with zero attached hydrogens (tertiary/aromatic N) is 3. The van der Waals surface area contributed by atoms with Crippen molar-refractivity contribution in [3.8, 4) is 11.6 Å². The molecule has 7 nitrogen and oxygen atoms in total.